The topological polar surface area (TPSA) is 90.9 Å². The Labute approximate surface area is 174 Å². The molecule has 2 rings (SSSR count). The van der Waals surface area contributed by atoms with Crippen LogP contribution >= 0.6 is 23.1 Å². The van der Waals surface area contributed by atoms with Gasteiger partial charge in [-0.15, -0.1) is 21.5 Å². The summed E-state index contributed by atoms with van der Waals surface area (Å²) >= 11 is 2.99. The Balaban J connectivity index is 2.32. The van der Waals surface area contributed by atoms with Crippen molar-refractivity contribution in [1.29, 1.82) is 0 Å². The maximum Gasteiger partial charge on any atom is 0.237 e. The van der Waals surface area contributed by atoms with Crippen molar-refractivity contribution in [1.82, 2.24) is 14.8 Å². The Kier molecular flexibility index (Phi) is 6.88. The number of ketones is 1. The summed E-state index contributed by atoms with van der Waals surface area (Å²) in [5.41, 5.74) is 5.86. The summed E-state index contributed by atoms with van der Waals surface area (Å²) < 4.78 is 1.74. The molecule has 0 aliphatic heterocycles. The lowest BCUT2D eigenvalue weighted by atomic mass is 9.83. The maximum absolute atomic E-state index is 12.5. The first-order valence-corrected chi connectivity index (χ1v) is 10.9. The molecular formula is C20H28N4O2S2. The number of primary amides is 1. The van der Waals surface area contributed by atoms with Crippen molar-refractivity contribution in [2.24, 2.45) is 16.6 Å². The van der Waals surface area contributed by atoms with Gasteiger partial charge in [0.15, 0.2) is 16.8 Å². The van der Waals surface area contributed by atoms with Gasteiger partial charge in [-0.2, -0.15) is 0 Å². The van der Waals surface area contributed by atoms with E-state index in [1.807, 2.05) is 38.3 Å². The van der Waals surface area contributed by atoms with Crippen molar-refractivity contribution in [2.45, 2.75) is 53.2 Å². The van der Waals surface area contributed by atoms with Gasteiger partial charge in [-0.3, -0.25) is 14.2 Å². The van der Waals surface area contributed by atoms with E-state index in [-0.39, 0.29) is 17.7 Å². The normalized spacial score (nSPS) is 13.0. The Hall–Kier alpha value is -1.93. The summed E-state index contributed by atoms with van der Waals surface area (Å²) in [4.78, 5) is 25.0. The summed E-state index contributed by atoms with van der Waals surface area (Å²) in [5, 5.41) is 11.1. The van der Waals surface area contributed by atoms with E-state index in [1.165, 1.54) is 23.1 Å². The number of nitrogens with zero attached hydrogens (tertiary/aromatic N) is 3. The molecule has 0 saturated heterocycles. The average molecular weight is 421 g/mol. The van der Waals surface area contributed by atoms with Gasteiger partial charge in [0.1, 0.15) is 6.54 Å². The minimum Gasteiger partial charge on any atom is -0.368 e. The number of carbonyl (C=O) groups is 2. The monoisotopic (exact) mass is 420 g/mol. The minimum absolute atomic E-state index is 0.0120. The van der Waals surface area contributed by atoms with Crippen LogP contribution in [-0.2, 0) is 16.1 Å². The van der Waals surface area contributed by atoms with Crippen LogP contribution in [0.3, 0.4) is 0 Å². The maximum atomic E-state index is 12.5. The first kappa shape index (κ1) is 22.4. The van der Waals surface area contributed by atoms with E-state index in [1.54, 1.807) is 10.6 Å². The number of hydrogen-bond acceptors (Lipinski definition) is 6. The van der Waals surface area contributed by atoms with E-state index in [0.29, 0.717) is 16.7 Å². The quantitative estimate of drug-likeness (QED) is 0.536. The third-order valence-electron chi connectivity index (χ3n) is 4.14. The predicted molar refractivity (Wildman–Crippen MR) is 115 cm³/mol. The van der Waals surface area contributed by atoms with E-state index in [9.17, 15) is 9.59 Å². The highest BCUT2D eigenvalue weighted by Gasteiger charge is 2.25. The van der Waals surface area contributed by atoms with Gasteiger partial charge in [-0.25, -0.2) is 0 Å². The second kappa shape index (κ2) is 8.61. The average Bonchev–Trinajstić information content (AvgIpc) is 3.18. The molecule has 0 radical (unpaired) electrons. The molecule has 0 aliphatic rings. The molecule has 0 fully saturated rings. The molecule has 1 amide bonds. The number of aromatic nitrogens is 3. The Morgan fingerprint density at radius 2 is 1.86 bits per heavy atom. The summed E-state index contributed by atoms with van der Waals surface area (Å²) in [6.45, 7) is 12.0. The first-order chi connectivity index (χ1) is 12.9. The van der Waals surface area contributed by atoms with Gasteiger partial charge in [0, 0.05) is 11.2 Å². The summed E-state index contributed by atoms with van der Waals surface area (Å²) in [6.07, 6.45) is 1.75. The lowest BCUT2D eigenvalue weighted by Crippen LogP contribution is -2.22. The third-order valence-corrected chi connectivity index (χ3v) is 6.02. The number of amides is 1. The number of rotatable bonds is 7. The smallest absolute Gasteiger partial charge is 0.237 e. The van der Waals surface area contributed by atoms with Crippen molar-refractivity contribution in [3.8, 4) is 10.7 Å². The Morgan fingerprint density at radius 3 is 2.36 bits per heavy atom. The molecule has 2 aromatic rings. The van der Waals surface area contributed by atoms with E-state index < -0.39 is 11.3 Å². The van der Waals surface area contributed by atoms with Crippen LogP contribution in [0.5, 0.6) is 0 Å². The van der Waals surface area contributed by atoms with Crippen LogP contribution in [0.4, 0.5) is 0 Å². The fourth-order valence-electron chi connectivity index (χ4n) is 2.27. The highest BCUT2D eigenvalue weighted by molar-refractivity contribution is 7.99. The number of thioether (sulfide) groups is 1. The molecule has 0 spiro atoms. The molecule has 2 N–H and O–H groups in total. The van der Waals surface area contributed by atoms with Gasteiger partial charge >= 0.3 is 0 Å². The molecule has 0 unspecified atom stereocenters. The lowest BCUT2D eigenvalue weighted by molar-refractivity contribution is -0.121. The third kappa shape index (κ3) is 5.78. The van der Waals surface area contributed by atoms with Crippen molar-refractivity contribution >= 4 is 34.8 Å². The highest BCUT2D eigenvalue weighted by Crippen LogP contribution is 2.33. The zero-order chi connectivity index (χ0) is 21.1. The van der Waals surface area contributed by atoms with Gasteiger partial charge in [0.25, 0.3) is 0 Å². The molecule has 6 nitrogen and oxygen atoms in total. The van der Waals surface area contributed by atoms with Crippen molar-refractivity contribution in [2.75, 3.05) is 5.75 Å². The van der Waals surface area contributed by atoms with Crippen molar-refractivity contribution < 1.29 is 9.59 Å². The molecule has 0 aromatic carbocycles. The lowest BCUT2D eigenvalue weighted by Gasteiger charge is -2.24. The number of thiophene rings is 1. The zero-order valence-electron chi connectivity index (χ0n) is 17.3. The molecule has 2 aromatic heterocycles. The van der Waals surface area contributed by atoms with Crippen LogP contribution < -0.4 is 5.73 Å². The van der Waals surface area contributed by atoms with Gasteiger partial charge in [-0.1, -0.05) is 64.9 Å². The predicted octanol–water partition coefficient (Wildman–Crippen LogP) is 4.17. The van der Waals surface area contributed by atoms with E-state index in [2.05, 4.69) is 31.0 Å². The van der Waals surface area contributed by atoms with Gasteiger partial charge < -0.3 is 5.73 Å². The molecule has 0 bridgehead atoms. The molecule has 0 atom stereocenters. The fraction of sp³-hybridized carbons (Fsp3) is 0.500. The van der Waals surface area contributed by atoms with Crippen molar-refractivity contribution in [3.05, 3.63) is 29.2 Å². The van der Waals surface area contributed by atoms with Crippen LogP contribution in [-0.4, -0.2) is 32.2 Å². The fourth-order valence-corrected chi connectivity index (χ4v) is 4.20. The Bertz CT molecular complexity index is 869. The minimum atomic E-state index is -0.450. The van der Waals surface area contributed by atoms with Crippen molar-refractivity contribution in [3.63, 3.8) is 0 Å². The van der Waals surface area contributed by atoms with Crippen LogP contribution in [0.1, 0.15) is 41.5 Å². The highest BCUT2D eigenvalue weighted by atomic mass is 32.2. The van der Waals surface area contributed by atoms with Crippen LogP contribution in [0, 0.1) is 10.8 Å². The summed E-state index contributed by atoms with van der Waals surface area (Å²) in [7, 11) is 0. The second-order valence-corrected chi connectivity index (χ2v) is 10.5. The molecule has 2 heterocycles. The zero-order valence-corrected chi connectivity index (χ0v) is 18.9. The standard InChI is InChI=1S/C20H28N4O2S2/c1-19(2,3)13(10-15(25)20(4,5)6)12-28-18-23-22-17(14-8-7-9-27-14)24(18)11-16(21)26/h7-10H,11-12H2,1-6H3,(H2,21,26). The van der Waals surface area contributed by atoms with Crippen LogP contribution in [0.15, 0.2) is 34.3 Å². The number of allylic oxidation sites excluding steroid dienone is 1. The van der Waals surface area contributed by atoms with Crippen LogP contribution in [0.2, 0.25) is 0 Å². The molecule has 152 valence electrons. The van der Waals surface area contributed by atoms with E-state index in [0.717, 1.165) is 10.5 Å². The first-order valence-electron chi connectivity index (χ1n) is 9.03. The summed E-state index contributed by atoms with van der Waals surface area (Å²) in [6, 6.07) is 3.86. The SMILES string of the molecule is CC(C)(C)C(=O)C=C(CSc1nnc(-c2cccs2)n1CC(N)=O)C(C)(C)C. The molecule has 0 aliphatic carbocycles. The molecule has 28 heavy (non-hydrogen) atoms. The molecule has 0 saturated carbocycles. The molecule has 8 heteroatoms. The van der Waals surface area contributed by atoms with Gasteiger partial charge in [-0.05, 0) is 22.9 Å². The van der Waals surface area contributed by atoms with Gasteiger partial charge in [0.05, 0.1) is 4.88 Å². The van der Waals surface area contributed by atoms with E-state index in [4.69, 9.17) is 5.73 Å². The second-order valence-electron chi connectivity index (χ2n) is 8.66. The molecular weight excluding hydrogens is 392 g/mol. The van der Waals surface area contributed by atoms with Gasteiger partial charge in [0.2, 0.25) is 5.91 Å². The number of nitrogens with two attached hydrogens (primary N) is 1. The summed E-state index contributed by atoms with van der Waals surface area (Å²) in [5.74, 6) is 0.848. The van der Waals surface area contributed by atoms with E-state index >= 15 is 0 Å². The number of carbonyl (C=O) groups excluding carboxylic acids is 2. The number of hydrogen-bond donors (Lipinski definition) is 1. The largest absolute Gasteiger partial charge is 0.368 e. The Morgan fingerprint density at radius 1 is 1.18 bits per heavy atom. The van der Waals surface area contributed by atoms with Crippen LogP contribution in [0.25, 0.3) is 10.7 Å².